The molecule has 0 aliphatic rings. The Hall–Kier alpha value is -3.85. The summed E-state index contributed by atoms with van der Waals surface area (Å²) in [6.45, 7) is 3.18. The predicted octanol–water partition coefficient (Wildman–Crippen LogP) is 6.35. The molecule has 224 valence electrons. The molecule has 1 atom stereocenters. The van der Waals surface area contributed by atoms with Gasteiger partial charge in [0.2, 0.25) is 11.8 Å². The van der Waals surface area contributed by atoms with E-state index in [1.807, 2.05) is 50.2 Å². The Morgan fingerprint density at radius 1 is 0.767 bits per heavy atom. The molecule has 0 radical (unpaired) electrons. The maximum atomic E-state index is 14.4. The average Bonchev–Trinajstić information content (AvgIpc) is 2.98. The second-order valence-corrected chi connectivity index (χ2v) is 13.1. The second kappa shape index (κ2) is 14.6. The van der Waals surface area contributed by atoms with E-state index in [2.05, 4.69) is 5.32 Å². The molecule has 0 bridgehead atoms. The number of hydrogen-bond acceptors (Lipinski definition) is 4. The van der Waals surface area contributed by atoms with Gasteiger partial charge in [-0.15, -0.1) is 0 Å². The van der Waals surface area contributed by atoms with Crippen molar-refractivity contribution in [2.75, 3.05) is 10.8 Å². The van der Waals surface area contributed by atoms with Crippen LogP contribution in [0.25, 0.3) is 0 Å². The number of carbonyl (C=O) groups is 2. The van der Waals surface area contributed by atoms with Crippen LogP contribution in [0, 0.1) is 0 Å². The summed E-state index contributed by atoms with van der Waals surface area (Å²) in [4.78, 5) is 29.5. The Kier molecular flexibility index (Phi) is 10.9. The van der Waals surface area contributed by atoms with Crippen LogP contribution in [-0.4, -0.2) is 43.8 Å². The molecule has 0 heterocycles. The highest BCUT2D eigenvalue weighted by atomic mass is 35.5. The first-order valence-corrected chi connectivity index (χ1v) is 16.0. The highest BCUT2D eigenvalue weighted by Gasteiger charge is 2.34. The third-order valence-corrected chi connectivity index (χ3v) is 8.94. The summed E-state index contributed by atoms with van der Waals surface area (Å²) in [6.07, 6.45) is 0.223. The Bertz CT molecular complexity index is 1630. The van der Waals surface area contributed by atoms with Crippen LogP contribution in [0.15, 0.2) is 114 Å². The molecular weight excluding hydrogens is 605 g/mol. The van der Waals surface area contributed by atoms with Gasteiger partial charge in [-0.3, -0.25) is 13.9 Å². The molecular formula is C33H33Cl2N3O4S. The number of carbonyl (C=O) groups excluding carboxylic acids is 2. The van der Waals surface area contributed by atoms with E-state index in [0.29, 0.717) is 21.3 Å². The highest BCUT2D eigenvalue weighted by molar-refractivity contribution is 7.92. The van der Waals surface area contributed by atoms with Gasteiger partial charge in [-0.25, -0.2) is 8.42 Å². The first-order chi connectivity index (χ1) is 20.5. The van der Waals surface area contributed by atoms with E-state index in [0.717, 1.165) is 9.87 Å². The van der Waals surface area contributed by atoms with E-state index in [-0.39, 0.29) is 29.8 Å². The average molecular weight is 639 g/mol. The zero-order valence-corrected chi connectivity index (χ0v) is 26.2. The Labute approximate surface area is 263 Å². The van der Waals surface area contributed by atoms with Crippen LogP contribution in [0.4, 0.5) is 5.69 Å². The molecule has 4 rings (SSSR count). The lowest BCUT2D eigenvalue weighted by molar-refractivity contribution is -0.140. The summed E-state index contributed by atoms with van der Waals surface area (Å²) < 4.78 is 29.0. The number of amides is 2. The third-order valence-electron chi connectivity index (χ3n) is 6.67. The van der Waals surface area contributed by atoms with E-state index in [9.17, 15) is 18.0 Å². The van der Waals surface area contributed by atoms with Crippen LogP contribution >= 0.6 is 23.2 Å². The monoisotopic (exact) mass is 637 g/mol. The van der Waals surface area contributed by atoms with Crippen LogP contribution in [-0.2, 0) is 32.6 Å². The Morgan fingerprint density at radius 3 is 1.98 bits per heavy atom. The number of para-hydroxylation sites is 1. The first-order valence-electron chi connectivity index (χ1n) is 13.8. The fourth-order valence-corrected chi connectivity index (χ4v) is 6.38. The number of halogens is 2. The topological polar surface area (TPSA) is 86.8 Å². The van der Waals surface area contributed by atoms with Crippen molar-refractivity contribution in [3.8, 4) is 0 Å². The highest BCUT2D eigenvalue weighted by Crippen LogP contribution is 2.26. The molecule has 0 saturated heterocycles. The van der Waals surface area contributed by atoms with E-state index >= 15 is 0 Å². The normalized spacial score (nSPS) is 12.0. The van der Waals surface area contributed by atoms with Gasteiger partial charge in [0.25, 0.3) is 10.0 Å². The molecule has 0 aliphatic carbocycles. The van der Waals surface area contributed by atoms with Crippen molar-refractivity contribution in [1.82, 2.24) is 10.2 Å². The number of anilines is 1. The fraction of sp³-hybridized carbons (Fsp3) is 0.212. The molecule has 43 heavy (non-hydrogen) atoms. The van der Waals surface area contributed by atoms with Gasteiger partial charge in [-0.05, 0) is 73.5 Å². The lowest BCUT2D eigenvalue weighted by Gasteiger charge is -2.34. The standard InChI is InChI=1S/C33H33Cl2N3O4S/c1-24(2)36-33(40)31(21-25-10-5-3-6-11-25)37(22-26-12-9-13-28(35)20-26)32(39)23-38(29-14-7-4-8-15-29)43(41,42)30-18-16-27(34)17-19-30/h3-20,24,31H,21-23H2,1-2H3,(H,36,40). The van der Waals surface area contributed by atoms with Gasteiger partial charge in [-0.2, -0.15) is 0 Å². The number of benzene rings is 4. The van der Waals surface area contributed by atoms with Crippen LogP contribution < -0.4 is 9.62 Å². The van der Waals surface area contributed by atoms with Gasteiger partial charge in [0.15, 0.2) is 0 Å². The second-order valence-electron chi connectivity index (χ2n) is 10.3. The number of hydrogen-bond donors (Lipinski definition) is 1. The van der Waals surface area contributed by atoms with Crippen LogP contribution in [0.2, 0.25) is 10.0 Å². The lowest BCUT2D eigenvalue weighted by atomic mass is 10.0. The third kappa shape index (κ3) is 8.60. The lowest BCUT2D eigenvalue weighted by Crippen LogP contribution is -2.54. The number of nitrogens with zero attached hydrogens (tertiary/aromatic N) is 2. The maximum Gasteiger partial charge on any atom is 0.264 e. The van der Waals surface area contributed by atoms with Crippen LogP contribution in [0.1, 0.15) is 25.0 Å². The van der Waals surface area contributed by atoms with Gasteiger partial charge in [-0.1, -0.05) is 83.9 Å². The van der Waals surface area contributed by atoms with Crippen molar-refractivity contribution in [3.05, 3.63) is 130 Å². The fourth-order valence-electron chi connectivity index (χ4n) is 4.62. The zero-order chi connectivity index (χ0) is 31.0. The summed E-state index contributed by atoms with van der Waals surface area (Å²) in [5.74, 6) is -0.901. The van der Waals surface area contributed by atoms with E-state index in [4.69, 9.17) is 23.2 Å². The summed E-state index contributed by atoms with van der Waals surface area (Å²) in [5.41, 5.74) is 1.85. The predicted molar refractivity (Wildman–Crippen MR) is 172 cm³/mol. The molecule has 10 heteroatoms. The van der Waals surface area contributed by atoms with Crippen molar-refractivity contribution in [2.45, 2.75) is 43.8 Å². The van der Waals surface area contributed by atoms with Crippen molar-refractivity contribution >= 4 is 50.7 Å². The van der Waals surface area contributed by atoms with E-state index < -0.39 is 28.5 Å². The van der Waals surface area contributed by atoms with Gasteiger partial charge in [0.05, 0.1) is 10.6 Å². The van der Waals surface area contributed by atoms with Gasteiger partial charge in [0, 0.05) is 29.1 Å². The van der Waals surface area contributed by atoms with Crippen molar-refractivity contribution in [1.29, 1.82) is 0 Å². The molecule has 0 fully saturated rings. The molecule has 0 aromatic heterocycles. The molecule has 0 aliphatic heterocycles. The molecule has 0 saturated carbocycles. The number of sulfonamides is 1. The zero-order valence-electron chi connectivity index (χ0n) is 23.9. The Balaban J connectivity index is 1.79. The van der Waals surface area contributed by atoms with Crippen molar-refractivity contribution in [3.63, 3.8) is 0 Å². The largest absolute Gasteiger partial charge is 0.352 e. The smallest absolute Gasteiger partial charge is 0.264 e. The molecule has 1 N–H and O–H groups in total. The minimum Gasteiger partial charge on any atom is -0.352 e. The first kappa shape index (κ1) is 32.1. The summed E-state index contributed by atoms with van der Waals surface area (Å²) in [6, 6.07) is 29.4. The maximum absolute atomic E-state index is 14.4. The molecule has 7 nitrogen and oxygen atoms in total. The summed E-state index contributed by atoms with van der Waals surface area (Å²) >= 11 is 12.3. The van der Waals surface area contributed by atoms with Crippen molar-refractivity contribution < 1.29 is 18.0 Å². The van der Waals surface area contributed by atoms with E-state index in [1.54, 1.807) is 48.5 Å². The van der Waals surface area contributed by atoms with Gasteiger partial charge in [0.1, 0.15) is 12.6 Å². The van der Waals surface area contributed by atoms with Crippen LogP contribution in [0.5, 0.6) is 0 Å². The summed E-state index contributed by atoms with van der Waals surface area (Å²) in [7, 11) is -4.20. The minimum absolute atomic E-state index is 0.0201. The van der Waals surface area contributed by atoms with E-state index in [1.165, 1.54) is 29.2 Å². The molecule has 4 aromatic carbocycles. The molecule has 2 amide bonds. The number of rotatable bonds is 12. The molecule has 0 spiro atoms. The minimum atomic E-state index is -4.20. The van der Waals surface area contributed by atoms with Crippen molar-refractivity contribution in [2.24, 2.45) is 0 Å². The van der Waals surface area contributed by atoms with Gasteiger partial charge >= 0.3 is 0 Å². The van der Waals surface area contributed by atoms with Crippen LogP contribution in [0.3, 0.4) is 0 Å². The number of nitrogens with one attached hydrogen (secondary N) is 1. The molecule has 4 aromatic rings. The quantitative estimate of drug-likeness (QED) is 0.196. The molecule has 1 unspecified atom stereocenters. The Morgan fingerprint density at radius 2 is 1.37 bits per heavy atom. The SMILES string of the molecule is CC(C)NC(=O)C(Cc1ccccc1)N(Cc1cccc(Cl)c1)C(=O)CN(c1ccccc1)S(=O)(=O)c1ccc(Cl)cc1. The summed E-state index contributed by atoms with van der Waals surface area (Å²) in [5, 5.41) is 3.80. The van der Waals surface area contributed by atoms with Gasteiger partial charge < -0.3 is 10.2 Å².